The maximum absolute atomic E-state index is 11.3. The largest absolute Gasteiger partial charge is 0.505 e. The second kappa shape index (κ2) is 10.3. The minimum Gasteiger partial charge on any atom is -0.505 e. The standard InChI is InChI=1S/C23H23ClN2O9/c24-14-6-2-3-11(8-14)15(27)9-26-23(34,35)10-25-17-18(28)16(19(29)21(31)20(17)30)12-4-1-5-13(7-12)22(32)33/h1-8,15,25-31,34-35H,9-10H2,(H,32,33). The molecule has 0 saturated carbocycles. The molecule has 186 valence electrons. The number of aliphatic hydroxyl groups is 3. The van der Waals surface area contributed by atoms with Crippen LogP contribution in [0.4, 0.5) is 5.69 Å². The van der Waals surface area contributed by atoms with Crippen molar-refractivity contribution in [2.45, 2.75) is 12.0 Å². The molecule has 0 spiro atoms. The van der Waals surface area contributed by atoms with Gasteiger partial charge in [-0.2, -0.15) is 0 Å². The van der Waals surface area contributed by atoms with Crippen LogP contribution in [0.3, 0.4) is 0 Å². The molecule has 0 fully saturated rings. The maximum Gasteiger partial charge on any atom is 0.335 e. The van der Waals surface area contributed by atoms with Crippen LogP contribution in [0.15, 0.2) is 48.5 Å². The fraction of sp³-hybridized carbons (Fsp3) is 0.174. The van der Waals surface area contributed by atoms with Crippen LogP contribution in [0.25, 0.3) is 11.1 Å². The zero-order valence-electron chi connectivity index (χ0n) is 18.0. The summed E-state index contributed by atoms with van der Waals surface area (Å²) in [6.45, 7) is -1.09. The van der Waals surface area contributed by atoms with Gasteiger partial charge in [-0.1, -0.05) is 35.9 Å². The van der Waals surface area contributed by atoms with Gasteiger partial charge in [0.15, 0.2) is 17.2 Å². The van der Waals surface area contributed by atoms with E-state index in [2.05, 4.69) is 10.6 Å². The number of hydrogen-bond acceptors (Lipinski definition) is 10. The van der Waals surface area contributed by atoms with Gasteiger partial charge in [0, 0.05) is 11.6 Å². The van der Waals surface area contributed by atoms with Crippen LogP contribution in [-0.2, 0) is 0 Å². The monoisotopic (exact) mass is 506 g/mol. The number of aliphatic hydroxyl groups excluding tert-OH is 1. The first-order valence-electron chi connectivity index (χ1n) is 10.1. The van der Waals surface area contributed by atoms with Crippen molar-refractivity contribution >= 4 is 23.3 Å². The van der Waals surface area contributed by atoms with Crippen LogP contribution < -0.4 is 10.6 Å². The van der Waals surface area contributed by atoms with E-state index in [1.807, 2.05) is 0 Å². The van der Waals surface area contributed by atoms with Crippen molar-refractivity contribution in [1.29, 1.82) is 0 Å². The molecule has 0 aliphatic rings. The van der Waals surface area contributed by atoms with Crippen LogP contribution in [0.5, 0.6) is 23.0 Å². The number of hydrogen-bond donors (Lipinski definition) is 10. The van der Waals surface area contributed by atoms with E-state index in [0.717, 1.165) is 6.07 Å². The van der Waals surface area contributed by atoms with E-state index in [4.69, 9.17) is 11.6 Å². The van der Waals surface area contributed by atoms with Crippen LogP contribution in [0, 0.1) is 0 Å². The number of phenolic OH excluding ortho intramolecular Hbond substituents is 4. The molecule has 3 rings (SSSR count). The molecule has 35 heavy (non-hydrogen) atoms. The van der Waals surface area contributed by atoms with E-state index in [-0.39, 0.29) is 17.7 Å². The van der Waals surface area contributed by atoms with Gasteiger partial charge in [-0.15, -0.1) is 0 Å². The van der Waals surface area contributed by atoms with Gasteiger partial charge in [0.2, 0.25) is 11.7 Å². The third-order valence-corrected chi connectivity index (χ3v) is 5.35. The molecule has 0 aliphatic heterocycles. The number of nitrogens with one attached hydrogen (secondary N) is 2. The van der Waals surface area contributed by atoms with Gasteiger partial charge >= 0.3 is 5.97 Å². The maximum atomic E-state index is 11.3. The van der Waals surface area contributed by atoms with Gasteiger partial charge in [-0.25, -0.2) is 4.79 Å². The molecule has 0 aromatic heterocycles. The molecular weight excluding hydrogens is 484 g/mol. The van der Waals surface area contributed by atoms with Crippen LogP contribution >= 0.6 is 11.6 Å². The number of carboxylic acid groups (broad SMARTS) is 1. The number of anilines is 1. The summed E-state index contributed by atoms with van der Waals surface area (Å²) in [5.74, 6) is -7.69. The third-order valence-electron chi connectivity index (χ3n) is 5.12. The molecule has 1 atom stereocenters. The van der Waals surface area contributed by atoms with E-state index in [0.29, 0.717) is 10.6 Å². The van der Waals surface area contributed by atoms with Crippen molar-refractivity contribution in [2.75, 3.05) is 18.4 Å². The van der Waals surface area contributed by atoms with Crippen LogP contribution in [0.2, 0.25) is 5.02 Å². The summed E-state index contributed by atoms with van der Waals surface area (Å²) in [5.41, 5.74) is -0.728. The first-order valence-corrected chi connectivity index (χ1v) is 10.5. The molecular formula is C23H23ClN2O9. The number of rotatable bonds is 9. The van der Waals surface area contributed by atoms with Crippen molar-refractivity contribution in [1.82, 2.24) is 5.32 Å². The summed E-state index contributed by atoms with van der Waals surface area (Å²) < 4.78 is 0. The van der Waals surface area contributed by atoms with Crippen molar-refractivity contribution < 1.29 is 45.6 Å². The average molecular weight is 507 g/mol. The number of phenols is 4. The van der Waals surface area contributed by atoms with Gasteiger partial charge < -0.3 is 46.2 Å². The number of carboxylic acids is 1. The Morgan fingerprint density at radius 2 is 1.63 bits per heavy atom. The summed E-state index contributed by atoms with van der Waals surface area (Å²) in [6.07, 6.45) is -1.15. The lowest BCUT2D eigenvalue weighted by Gasteiger charge is -2.26. The normalized spacial score (nSPS) is 12.3. The molecule has 0 heterocycles. The summed E-state index contributed by atoms with van der Waals surface area (Å²) in [4.78, 5) is 11.3. The van der Waals surface area contributed by atoms with Crippen molar-refractivity contribution in [3.05, 3.63) is 64.7 Å². The summed E-state index contributed by atoms with van der Waals surface area (Å²) in [7, 11) is 0. The Morgan fingerprint density at radius 3 is 2.29 bits per heavy atom. The highest BCUT2D eigenvalue weighted by Gasteiger charge is 2.29. The van der Waals surface area contributed by atoms with Gasteiger partial charge in [0.05, 0.1) is 23.8 Å². The Bertz CT molecular complexity index is 1250. The van der Waals surface area contributed by atoms with E-state index in [1.165, 1.54) is 24.3 Å². The number of aromatic carboxylic acids is 1. The van der Waals surface area contributed by atoms with E-state index >= 15 is 0 Å². The van der Waals surface area contributed by atoms with Crippen molar-refractivity contribution in [3.63, 3.8) is 0 Å². The van der Waals surface area contributed by atoms with Gasteiger partial charge in [-0.05, 0) is 35.4 Å². The average Bonchev–Trinajstić information content (AvgIpc) is 2.81. The minimum absolute atomic E-state index is 0.000259. The fourth-order valence-electron chi connectivity index (χ4n) is 3.31. The molecule has 0 saturated heterocycles. The lowest BCUT2D eigenvalue weighted by atomic mass is 9.99. The van der Waals surface area contributed by atoms with Crippen LogP contribution in [0.1, 0.15) is 22.0 Å². The molecule has 0 aliphatic carbocycles. The quantitative estimate of drug-likeness (QED) is 0.115. The number of aromatic hydroxyl groups is 4. The van der Waals surface area contributed by atoms with Crippen molar-refractivity contribution in [2.24, 2.45) is 0 Å². The zero-order chi connectivity index (χ0) is 25.9. The summed E-state index contributed by atoms with van der Waals surface area (Å²) in [5, 5.41) is 86.2. The Kier molecular flexibility index (Phi) is 7.58. The Hall–Kier alpha value is -3.74. The zero-order valence-corrected chi connectivity index (χ0v) is 18.7. The second-order valence-electron chi connectivity index (χ2n) is 7.65. The third kappa shape index (κ3) is 5.85. The smallest absolute Gasteiger partial charge is 0.335 e. The predicted octanol–water partition coefficient (Wildman–Crippen LogP) is 1.90. The van der Waals surface area contributed by atoms with Gasteiger partial charge in [-0.3, -0.25) is 5.32 Å². The molecule has 0 amide bonds. The first-order chi connectivity index (χ1) is 16.4. The van der Waals surface area contributed by atoms with Gasteiger partial charge in [0.1, 0.15) is 5.69 Å². The highest BCUT2D eigenvalue weighted by Crippen LogP contribution is 2.54. The fourth-order valence-corrected chi connectivity index (χ4v) is 3.51. The van der Waals surface area contributed by atoms with Gasteiger partial charge in [0.25, 0.3) is 0 Å². The highest BCUT2D eigenvalue weighted by molar-refractivity contribution is 6.30. The SMILES string of the molecule is O=C(O)c1cccc(-c2c(O)c(O)c(O)c(NCC(O)(O)NCC(O)c3cccc(Cl)c3)c2O)c1. The number of carbonyl (C=O) groups is 1. The lowest BCUT2D eigenvalue weighted by molar-refractivity contribution is -0.176. The van der Waals surface area contributed by atoms with Crippen molar-refractivity contribution in [3.8, 4) is 34.1 Å². The molecule has 1 unspecified atom stereocenters. The number of benzene rings is 3. The molecule has 0 bridgehead atoms. The minimum atomic E-state index is -2.67. The molecule has 0 radical (unpaired) electrons. The van der Waals surface area contributed by atoms with Crippen LogP contribution in [-0.4, -0.2) is 65.8 Å². The molecule has 3 aromatic carbocycles. The summed E-state index contributed by atoms with van der Waals surface area (Å²) >= 11 is 5.88. The number of halogens is 1. The molecule has 12 heteroatoms. The topological polar surface area (TPSA) is 203 Å². The van der Waals surface area contributed by atoms with E-state index in [9.17, 15) is 45.6 Å². The molecule has 11 nitrogen and oxygen atoms in total. The predicted molar refractivity (Wildman–Crippen MR) is 126 cm³/mol. The summed E-state index contributed by atoms with van der Waals surface area (Å²) in [6, 6.07) is 11.4. The molecule has 10 N–H and O–H groups in total. The Labute approximate surface area is 203 Å². The Balaban J connectivity index is 1.82. The molecule has 3 aromatic rings. The Morgan fingerprint density at radius 1 is 0.943 bits per heavy atom. The van der Waals surface area contributed by atoms with E-state index in [1.54, 1.807) is 18.2 Å². The second-order valence-corrected chi connectivity index (χ2v) is 8.09. The van der Waals surface area contributed by atoms with E-state index < -0.39 is 58.8 Å². The lowest BCUT2D eigenvalue weighted by Crippen LogP contribution is -2.51. The first kappa shape index (κ1) is 25.9. The highest BCUT2D eigenvalue weighted by atomic mass is 35.5.